The molecule has 1 fully saturated rings. The fourth-order valence-electron chi connectivity index (χ4n) is 3.33. The zero-order valence-corrected chi connectivity index (χ0v) is 11.6. The first-order chi connectivity index (χ1) is 9.15. The molecule has 3 heteroatoms. The fourth-order valence-corrected chi connectivity index (χ4v) is 3.33. The summed E-state index contributed by atoms with van der Waals surface area (Å²) in [6.45, 7) is 2.80. The van der Waals surface area contributed by atoms with Crippen LogP contribution in [0, 0.1) is 0 Å². The van der Waals surface area contributed by atoms with Gasteiger partial charge in [0.2, 0.25) is 5.91 Å². The second kappa shape index (κ2) is 4.97. The lowest BCUT2D eigenvalue weighted by atomic mass is 9.89. The number of hydrogen-bond acceptors (Lipinski definition) is 2. The average Bonchev–Trinajstić information content (AvgIpc) is 2.76. The summed E-state index contributed by atoms with van der Waals surface area (Å²) in [5.74, 6) is 0.192. The van der Waals surface area contributed by atoms with Gasteiger partial charge in [0.15, 0.2) is 0 Å². The van der Waals surface area contributed by atoms with E-state index in [2.05, 4.69) is 25.1 Å². The Bertz CT molecular complexity index is 498. The van der Waals surface area contributed by atoms with Crippen molar-refractivity contribution in [3.05, 3.63) is 34.9 Å². The van der Waals surface area contributed by atoms with E-state index >= 15 is 0 Å². The maximum absolute atomic E-state index is 11.9. The standard InChI is InChI=1S/C16H22N2O/c1-11(18-10-15(17)9-16(18)19)13-7-6-12-4-2-3-5-14(12)8-13/h6-8,11,15H,2-5,9-10,17H2,1H3. The highest BCUT2D eigenvalue weighted by atomic mass is 16.2. The third-order valence-corrected chi connectivity index (χ3v) is 4.51. The lowest BCUT2D eigenvalue weighted by Gasteiger charge is -2.26. The summed E-state index contributed by atoms with van der Waals surface area (Å²) in [6, 6.07) is 6.89. The monoisotopic (exact) mass is 258 g/mol. The van der Waals surface area contributed by atoms with E-state index in [4.69, 9.17) is 5.73 Å². The van der Waals surface area contributed by atoms with E-state index in [0.717, 1.165) is 0 Å². The van der Waals surface area contributed by atoms with Crippen LogP contribution in [0.4, 0.5) is 0 Å². The van der Waals surface area contributed by atoms with Crippen LogP contribution in [0.25, 0.3) is 0 Å². The molecule has 1 aromatic carbocycles. The van der Waals surface area contributed by atoms with Gasteiger partial charge in [0.05, 0.1) is 6.04 Å². The van der Waals surface area contributed by atoms with Gasteiger partial charge in [0.25, 0.3) is 0 Å². The lowest BCUT2D eigenvalue weighted by molar-refractivity contribution is -0.129. The van der Waals surface area contributed by atoms with Gasteiger partial charge < -0.3 is 10.6 Å². The number of benzene rings is 1. The number of amides is 1. The van der Waals surface area contributed by atoms with E-state index in [1.807, 2.05) is 4.90 Å². The zero-order chi connectivity index (χ0) is 13.4. The molecular formula is C16H22N2O. The molecule has 0 saturated carbocycles. The molecule has 0 bridgehead atoms. The summed E-state index contributed by atoms with van der Waals surface area (Å²) >= 11 is 0. The van der Waals surface area contributed by atoms with Crippen LogP contribution in [-0.2, 0) is 17.6 Å². The Hall–Kier alpha value is -1.35. The number of nitrogens with zero attached hydrogens (tertiary/aromatic N) is 1. The molecule has 1 heterocycles. The van der Waals surface area contributed by atoms with Crippen LogP contribution < -0.4 is 5.73 Å². The third kappa shape index (κ3) is 2.39. The van der Waals surface area contributed by atoms with Crippen molar-refractivity contribution in [3.8, 4) is 0 Å². The second-order valence-electron chi connectivity index (χ2n) is 5.92. The summed E-state index contributed by atoms with van der Waals surface area (Å²) in [5.41, 5.74) is 10.1. The van der Waals surface area contributed by atoms with Gasteiger partial charge in [-0.2, -0.15) is 0 Å². The molecule has 0 aromatic heterocycles. The molecule has 1 aliphatic heterocycles. The van der Waals surface area contributed by atoms with Gasteiger partial charge in [0, 0.05) is 19.0 Å². The highest BCUT2D eigenvalue weighted by molar-refractivity contribution is 5.79. The van der Waals surface area contributed by atoms with Crippen molar-refractivity contribution in [1.29, 1.82) is 0 Å². The highest BCUT2D eigenvalue weighted by Crippen LogP contribution is 2.29. The number of carbonyl (C=O) groups excluding carboxylic acids is 1. The van der Waals surface area contributed by atoms with Crippen LogP contribution in [0.3, 0.4) is 0 Å². The number of carbonyl (C=O) groups is 1. The summed E-state index contributed by atoms with van der Waals surface area (Å²) in [4.78, 5) is 13.9. The Kier molecular flexibility index (Phi) is 3.31. The van der Waals surface area contributed by atoms with Crippen molar-refractivity contribution < 1.29 is 4.79 Å². The maximum Gasteiger partial charge on any atom is 0.224 e. The van der Waals surface area contributed by atoms with Crippen LogP contribution in [0.15, 0.2) is 18.2 Å². The summed E-state index contributed by atoms with van der Waals surface area (Å²) in [5, 5.41) is 0. The molecule has 1 amide bonds. The Labute approximate surface area is 114 Å². The van der Waals surface area contributed by atoms with Crippen molar-refractivity contribution in [1.82, 2.24) is 4.90 Å². The SMILES string of the molecule is CC(c1ccc2c(c1)CCCC2)N1CC(N)CC1=O. The lowest BCUT2D eigenvalue weighted by Crippen LogP contribution is -2.31. The topological polar surface area (TPSA) is 46.3 Å². The Morgan fingerprint density at radius 2 is 2.00 bits per heavy atom. The first-order valence-electron chi connectivity index (χ1n) is 7.32. The number of aryl methyl sites for hydroxylation is 2. The smallest absolute Gasteiger partial charge is 0.224 e. The molecule has 2 unspecified atom stereocenters. The first kappa shape index (κ1) is 12.7. The second-order valence-corrected chi connectivity index (χ2v) is 5.92. The van der Waals surface area contributed by atoms with Gasteiger partial charge in [0.1, 0.15) is 0 Å². The van der Waals surface area contributed by atoms with Gasteiger partial charge in [-0.05, 0) is 49.3 Å². The predicted octanol–water partition coefficient (Wildman–Crippen LogP) is 2.19. The van der Waals surface area contributed by atoms with E-state index in [1.54, 1.807) is 0 Å². The molecule has 3 rings (SSSR count). The van der Waals surface area contributed by atoms with Gasteiger partial charge in [-0.3, -0.25) is 4.79 Å². The molecule has 2 atom stereocenters. The van der Waals surface area contributed by atoms with E-state index in [-0.39, 0.29) is 18.0 Å². The Morgan fingerprint density at radius 3 is 2.68 bits per heavy atom. The molecule has 3 nitrogen and oxygen atoms in total. The van der Waals surface area contributed by atoms with Crippen LogP contribution in [0.1, 0.15) is 48.9 Å². The van der Waals surface area contributed by atoms with Crippen molar-refractivity contribution in [2.24, 2.45) is 5.73 Å². The van der Waals surface area contributed by atoms with E-state index in [0.29, 0.717) is 13.0 Å². The van der Waals surface area contributed by atoms with Crippen molar-refractivity contribution in [3.63, 3.8) is 0 Å². The largest absolute Gasteiger partial charge is 0.334 e. The highest BCUT2D eigenvalue weighted by Gasteiger charge is 2.31. The first-order valence-corrected chi connectivity index (χ1v) is 7.32. The molecule has 0 radical (unpaired) electrons. The predicted molar refractivity (Wildman–Crippen MR) is 75.8 cm³/mol. The average molecular weight is 258 g/mol. The van der Waals surface area contributed by atoms with Crippen LogP contribution >= 0.6 is 0 Å². The number of rotatable bonds is 2. The zero-order valence-electron chi connectivity index (χ0n) is 11.6. The number of hydrogen-bond donors (Lipinski definition) is 1. The van der Waals surface area contributed by atoms with Crippen molar-refractivity contribution >= 4 is 5.91 Å². The number of fused-ring (bicyclic) bond motifs is 1. The van der Waals surface area contributed by atoms with E-state index in [9.17, 15) is 4.79 Å². The minimum Gasteiger partial charge on any atom is -0.334 e. The van der Waals surface area contributed by atoms with Gasteiger partial charge >= 0.3 is 0 Å². The molecule has 19 heavy (non-hydrogen) atoms. The normalized spacial score (nSPS) is 24.4. The number of nitrogens with two attached hydrogens (primary N) is 1. The van der Waals surface area contributed by atoms with E-state index in [1.165, 1.54) is 42.4 Å². The molecule has 1 saturated heterocycles. The minimum atomic E-state index is 0.00702. The maximum atomic E-state index is 11.9. The van der Waals surface area contributed by atoms with Crippen LogP contribution in [-0.4, -0.2) is 23.4 Å². The van der Waals surface area contributed by atoms with Crippen molar-refractivity contribution in [2.75, 3.05) is 6.54 Å². The van der Waals surface area contributed by atoms with Gasteiger partial charge in [-0.25, -0.2) is 0 Å². The fraction of sp³-hybridized carbons (Fsp3) is 0.562. The molecule has 2 aliphatic rings. The Balaban J connectivity index is 1.83. The van der Waals surface area contributed by atoms with Crippen LogP contribution in [0.5, 0.6) is 0 Å². The minimum absolute atomic E-state index is 0.00702. The van der Waals surface area contributed by atoms with Crippen molar-refractivity contribution in [2.45, 2.75) is 51.1 Å². The van der Waals surface area contributed by atoms with E-state index < -0.39 is 0 Å². The number of likely N-dealkylation sites (tertiary alicyclic amines) is 1. The third-order valence-electron chi connectivity index (χ3n) is 4.51. The molecule has 102 valence electrons. The molecular weight excluding hydrogens is 236 g/mol. The molecule has 0 spiro atoms. The summed E-state index contributed by atoms with van der Waals surface area (Å²) in [7, 11) is 0. The van der Waals surface area contributed by atoms with Crippen LogP contribution in [0.2, 0.25) is 0 Å². The van der Waals surface area contributed by atoms with Gasteiger partial charge in [-0.15, -0.1) is 0 Å². The molecule has 1 aliphatic carbocycles. The summed E-state index contributed by atoms with van der Waals surface area (Å²) in [6.07, 6.45) is 5.48. The molecule has 1 aromatic rings. The summed E-state index contributed by atoms with van der Waals surface area (Å²) < 4.78 is 0. The Morgan fingerprint density at radius 1 is 1.26 bits per heavy atom. The quantitative estimate of drug-likeness (QED) is 0.884. The van der Waals surface area contributed by atoms with Gasteiger partial charge in [-0.1, -0.05) is 18.2 Å². The molecule has 2 N–H and O–H groups in total.